The molecule has 0 unspecified atom stereocenters. The molecule has 0 atom stereocenters. The molecule has 1 aromatic heterocycles. The van der Waals surface area contributed by atoms with Gasteiger partial charge in [-0.2, -0.15) is 0 Å². The van der Waals surface area contributed by atoms with Crippen LogP contribution in [-0.4, -0.2) is 29.1 Å². The number of likely N-dealkylation sites (tertiary alicyclic amines) is 1. The topological polar surface area (TPSA) is 72.4 Å². The zero-order chi connectivity index (χ0) is 9.97. The first-order valence-corrected chi connectivity index (χ1v) is 4.73. The SMILES string of the molecule is NC(=O)c1cc(CN2CCCC2)on1. The van der Waals surface area contributed by atoms with E-state index >= 15 is 0 Å². The molecule has 1 saturated heterocycles. The maximum Gasteiger partial charge on any atom is 0.270 e. The van der Waals surface area contributed by atoms with E-state index in [4.69, 9.17) is 10.3 Å². The minimum absolute atomic E-state index is 0.208. The van der Waals surface area contributed by atoms with Crippen LogP contribution < -0.4 is 5.73 Å². The van der Waals surface area contributed by atoms with E-state index in [1.165, 1.54) is 12.8 Å². The molecular weight excluding hydrogens is 182 g/mol. The van der Waals surface area contributed by atoms with Crippen molar-refractivity contribution in [1.82, 2.24) is 10.1 Å². The van der Waals surface area contributed by atoms with Gasteiger partial charge in [-0.15, -0.1) is 0 Å². The Morgan fingerprint density at radius 2 is 2.29 bits per heavy atom. The summed E-state index contributed by atoms with van der Waals surface area (Å²) in [6.07, 6.45) is 2.47. The second-order valence-electron chi connectivity index (χ2n) is 3.53. The van der Waals surface area contributed by atoms with E-state index in [1.54, 1.807) is 6.07 Å². The number of primary amides is 1. The highest BCUT2D eigenvalue weighted by Gasteiger charge is 2.15. The minimum atomic E-state index is -0.540. The van der Waals surface area contributed by atoms with Crippen molar-refractivity contribution in [2.45, 2.75) is 19.4 Å². The fourth-order valence-corrected chi connectivity index (χ4v) is 1.66. The van der Waals surface area contributed by atoms with Crippen LogP contribution in [0, 0.1) is 0 Å². The minimum Gasteiger partial charge on any atom is -0.364 e. The van der Waals surface area contributed by atoms with Gasteiger partial charge in [0.1, 0.15) is 0 Å². The summed E-state index contributed by atoms with van der Waals surface area (Å²) in [6, 6.07) is 1.61. The van der Waals surface area contributed by atoms with Gasteiger partial charge in [-0.3, -0.25) is 9.69 Å². The number of carbonyl (C=O) groups excluding carboxylic acids is 1. The van der Waals surface area contributed by atoms with Gasteiger partial charge in [0.2, 0.25) is 0 Å². The Morgan fingerprint density at radius 1 is 1.57 bits per heavy atom. The summed E-state index contributed by atoms with van der Waals surface area (Å²) in [7, 11) is 0. The number of hydrogen-bond donors (Lipinski definition) is 1. The Balaban J connectivity index is 1.98. The van der Waals surface area contributed by atoms with Gasteiger partial charge in [-0.25, -0.2) is 0 Å². The lowest BCUT2D eigenvalue weighted by molar-refractivity contribution is 0.0991. The molecule has 1 fully saturated rings. The molecule has 2 heterocycles. The van der Waals surface area contributed by atoms with Gasteiger partial charge in [-0.1, -0.05) is 5.16 Å². The Labute approximate surface area is 81.8 Å². The van der Waals surface area contributed by atoms with Gasteiger partial charge in [0.15, 0.2) is 11.5 Å². The number of nitrogens with two attached hydrogens (primary N) is 1. The molecule has 76 valence electrons. The molecule has 1 amide bonds. The largest absolute Gasteiger partial charge is 0.364 e. The Hall–Kier alpha value is -1.36. The zero-order valence-corrected chi connectivity index (χ0v) is 7.90. The molecule has 2 rings (SSSR count). The monoisotopic (exact) mass is 195 g/mol. The number of carbonyl (C=O) groups is 1. The van der Waals surface area contributed by atoms with Crippen LogP contribution in [0.15, 0.2) is 10.6 Å². The van der Waals surface area contributed by atoms with Crippen LogP contribution in [-0.2, 0) is 6.54 Å². The molecule has 2 N–H and O–H groups in total. The summed E-state index contributed by atoms with van der Waals surface area (Å²) in [4.78, 5) is 13.0. The van der Waals surface area contributed by atoms with Crippen LogP contribution in [0.1, 0.15) is 29.1 Å². The molecule has 5 heteroatoms. The van der Waals surface area contributed by atoms with E-state index in [1.807, 2.05) is 0 Å². The lowest BCUT2D eigenvalue weighted by Crippen LogP contribution is -2.17. The van der Waals surface area contributed by atoms with Crippen LogP contribution >= 0.6 is 0 Å². The van der Waals surface area contributed by atoms with Gasteiger partial charge < -0.3 is 10.3 Å². The van der Waals surface area contributed by atoms with Crippen LogP contribution in [0.5, 0.6) is 0 Å². The highest BCUT2D eigenvalue weighted by atomic mass is 16.5. The van der Waals surface area contributed by atoms with Crippen molar-refractivity contribution < 1.29 is 9.32 Å². The fourth-order valence-electron chi connectivity index (χ4n) is 1.66. The van der Waals surface area contributed by atoms with Crippen LogP contribution in [0.3, 0.4) is 0 Å². The molecule has 0 aromatic carbocycles. The van der Waals surface area contributed by atoms with E-state index in [2.05, 4.69) is 10.1 Å². The summed E-state index contributed by atoms with van der Waals surface area (Å²) in [5, 5.41) is 3.58. The van der Waals surface area contributed by atoms with E-state index < -0.39 is 5.91 Å². The Kier molecular flexibility index (Phi) is 2.49. The highest BCUT2D eigenvalue weighted by molar-refractivity contribution is 5.90. The lowest BCUT2D eigenvalue weighted by atomic mass is 10.3. The van der Waals surface area contributed by atoms with Crippen molar-refractivity contribution in [2.75, 3.05) is 13.1 Å². The number of aromatic nitrogens is 1. The van der Waals surface area contributed by atoms with Gasteiger partial charge >= 0.3 is 0 Å². The average molecular weight is 195 g/mol. The summed E-state index contributed by atoms with van der Waals surface area (Å²) >= 11 is 0. The molecule has 0 aliphatic carbocycles. The van der Waals surface area contributed by atoms with Crippen molar-refractivity contribution >= 4 is 5.91 Å². The maximum absolute atomic E-state index is 10.7. The van der Waals surface area contributed by atoms with Gasteiger partial charge in [-0.05, 0) is 25.9 Å². The summed E-state index contributed by atoms with van der Waals surface area (Å²) in [5.41, 5.74) is 5.27. The van der Waals surface area contributed by atoms with Gasteiger partial charge in [0, 0.05) is 6.07 Å². The normalized spacial score (nSPS) is 17.4. The lowest BCUT2D eigenvalue weighted by Gasteiger charge is -2.10. The smallest absolute Gasteiger partial charge is 0.270 e. The van der Waals surface area contributed by atoms with Crippen molar-refractivity contribution in [2.24, 2.45) is 5.73 Å². The van der Waals surface area contributed by atoms with E-state index in [9.17, 15) is 4.79 Å². The molecule has 5 nitrogen and oxygen atoms in total. The summed E-state index contributed by atoms with van der Waals surface area (Å²) in [6.45, 7) is 2.90. The number of hydrogen-bond acceptors (Lipinski definition) is 4. The van der Waals surface area contributed by atoms with Crippen molar-refractivity contribution in [1.29, 1.82) is 0 Å². The molecule has 0 saturated carbocycles. The first-order valence-electron chi connectivity index (χ1n) is 4.73. The fraction of sp³-hybridized carbons (Fsp3) is 0.556. The van der Waals surface area contributed by atoms with E-state index in [-0.39, 0.29) is 5.69 Å². The third-order valence-electron chi connectivity index (χ3n) is 2.39. The average Bonchev–Trinajstić information content (AvgIpc) is 2.75. The van der Waals surface area contributed by atoms with Crippen molar-refractivity contribution in [3.8, 4) is 0 Å². The van der Waals surface area contributed by atoms with Crippen LogP contribution in [0.2, 0.25) is 0 Å². The van der Waals surface area contributed by atoms with Gasteiger partial charge in [0.05, 0.1) is 6.54 Å². The highest BCUT2D eigenvalue weighted by Crippen LogP contribution is 2.13. The predicted molar refractivity (Wildman–Crippen MR) is 49.5 cm³/mol. The molecule has 1 aliphatic heterocycles. The standard InChI is InChI=1S/C9H13N3O2/c10-9(13)8-5-7(14-11-8)6-12-3-1-2-4-12/h5H,1-4,6H2,(H2,10,13). The zero-order valence-electron chi connectivity index (χ0n) is 7.90. The van der Waals surface area contributed by atoms with Crippen LogP contribution in [0.4, 0.5) is 0 Å². The predicted octanol–water partition coefficient (Wildman–Crippen LogP) is 0.369. The third-order valence-corrected chi connectivity index (χ3v) is 2.39. The molecule has 14 heavy (non-hydrogen) atoms. The quantitative estimate of drug-likeness (QED) is 0.756. The Morgan fingerprint density at radius 3 is 2.86 bits per heavy atom. The molecule has 0 radical (unpaired) electrons. The summed E-state index contributed by atoms with van der Waals surface area (Å²) in [5.74, 6) is 0.169. The number of nitrogens with zero attached hydrogens (tertiary/aromatic N) is 2. The molecule has 0 bridgehead atoms. The number of amides is 1. The Bertz CT molecular complexity index is 329. The molecule has 0 spiro atoms. The first kappa shape index (κ1) is 9.21. The molecule has 1 aromatic rings. The third kappa shape index (κ3) is 1.93. The van der Waals surface area contributed by atoms with E-state index in [0.29, 0.717) is 5.76 Å². The molecule has 1 aliphatic rings. The van der Waals surface area contributed by atoms with Crippen molar-refractivity contribution in [3.63, 3.8) is 0 Å². The van der Waals surface area contributed by atoms with Crippen LogP contribution in [0.25, 0.3) is 0 Å². The van der Waals surface area contributed by atoms with E-state index in [0.717, 1.165) is 19.6 Å². The second kappa shape index (κ2) is 3.79. The number of rotatable bonds is 3. The van der Waals surface area contributed by atoms with Gasteiger partial charge in [0.25, 0.3) is 5.91 Å². The maximum atomic E-state index is 10.7. The van der Waals surface area contributed by atoms with Crippen molar-refractivity contribution in [3.05, 3.63) is 17.5 Å². The summed E-state index contributed by atoms with van der Waals surface area (Å²) < 4.78 is 5.00. The first-order chi connectivity index (χ1) is 6.75. The second-order valence-corrected chi connectivity index (χ2v) is 3.53. The molecular formula is C9H13N3O2.